The van der Waals surface area contributed by atoms with Crippen molar-refractivity contribution in [2.24, 2.45) is 5.92 Å². The first-order valence-corrected chi connectivity index (χ1v) is 12.0. The summed E-state index contributed by atoms with van der Waals surface area (Å²) >= 11 is 7.69. The fourth-order valence-electron chi connectivity index (χ4n) is 4.56. The molecule has 2 aliphatic rings. The van der Waals surface area contributed by atoms with Crippen LogP contribution in [0.25, 0.3) is 17.0 Å². The first-order valence-electron chi connectivity index (χ1n) is 10.8. The molecule has 2 aliphatic heterocycles. The van der Waals surface area contributed by atoms with E-state index in [1.807, 2.05) is 36.4 Å². The van der Waals surface area contributed by atoms with Crippen LogP contribution in [-0.2, 0) is 11.2 Å². The van der Waals surface area contributed by atoms with Crippen molar-refractivity contribution in [2.45, 2.75) is 36.6 Å². The minimum Gasteiger partial charge on any atom is -0.349 e. The molecule has 33 heavy (non-hydrogen) atoms. The minimum atomic E-state index is -0.00900. The van der Waals surface area contributed by atoms with Crippen LogP contribution < -0.4 is 10.6 Å². The molecule has 0 radical (unpaired) electrons. The third-order valence-corrected chi connectivity index (χ3v) is 7.51. The van der Waals surface area contributed by atoms with Crippen molar-refractivity contribution in [3.63, 3.8) is 0 Å². The second-order valence-corrected chi connectivity index (χ2v) is 9.75. The number of carbonyl (C=O) groups excluding carboxylic acids is 1. The van der Waals surface area contributed by atoms with E-state index in [0.717, 1.165) is 65.3 Å². The monoisotopic (exact) mass is 524 g/mol. The lowest BCUT2D eigenvalue weighted by Gasteiger charge is -2.32. The van der Waals surface area contributed by atoms with Crippen LogP contribution in [0.15, 0.2) is 52.3 Å². The molecule has 0 spiro atoms. The Balaban J connectivity index is 0.00000153. The van der Waals surface area contributed by atoms with E-state index in [1.165, 1.54) is 17.3 Å². The highest BCUT2D eigenvalue weighted by atomic mass is 35.5. The van der Waals surface area contributed by atoms with Crippen molar-refractivity contribution in [1.82, 2.24) is 20.8 Å². The summed E-state index contributed by atoms with van der Waals surface area (Å²) in [5, 5.41) is 16.1. The van der Waals surface area contributed by atoms with Crippen LogP contribution in [0.4, 0.5) is 0 Å². The predicted molar refractivity (Wildman–Crippen MR) is 142 cm³/mol. The Morgan fingerprint density at radius 2 is 1.97 bits per heavy atom. The Bertz CT molecular complexity index is 1140. The highest BCUT2D eigenvalue weighted by molar-refractivity contribution is 8.04. The third-order valence-electron chi connectivity index (χ3n) is 6.19. The van der Waals surface area contributed by atoms with Crippen LogP contribution >= 0.6 is 48.2 Å². The molecule has 1 atom stereocenters. The molecule has 1 saturated heterocycles. The van der Waals surface area contributed by atoms with Gasteiger partial charge in [0.05, 0.1) is 16.1 Å². The van der Waals surface area contributed by atoms with Crippen molar-refractivity contribution in [1.29, 1.82) is 0 Å². The highest BCUT2D eigenvalue weighted by Crippen LogP contribution is 2.40. The van der Waals surface area contributed by atoms with Crippen molar-refractivity contribution in [3.8, 4) is 0 Å². The first kappa shape index (κ1) is 25.9. The fourth-order valence-corrected chi connectivity index (χ4v) is 5.80. The number of benzene rings is 2. The van der Waals surface area contributed by atoms with E-state index in [-0.39, 0.29) is 36.8 Å². The summed E-state index contributed by atoms with van der Waals surface area (Å²) in [5.41, 5.74) is 3.05. The molecule has 0 bridgehead atoms. The van der Waals surface area contributed by atoms with Crippen molar-refractivity contribution >= 4 is 71.1 Å². The molecule has 1 amide bonds. The van der Waals surface area contributed by atoms with Gasteiger partial charge in [-0.05, 0) is 80.6 Å². The Labute approximate surface area is 215 Å². The number of carbonyl (C=O) groups is 1. The molecule has 1 fully saturated rings. The zero-order valence-electron chi connectivity index (χ0n) is 18.0. The summed E-state index contributed by atoms with van der Waals surface area (Å²) in [6.45, 7) is 2.01. The third kappa shape index (κ3) is 5.87. The number of aryl methyl sites for hydroxylation is 1. The second kappa shape index (κ2) is 11.6. The maximum Gasteiger partial charge on any atom is 0.258 e. The molecule has 3 N–H and O–H groups in total. The number of hydrogen-bond donors (Lipinski definition) is 3. The standard InChI is InChI=1S/C24H25ClN4OS.2ClH/c25-17-4-1-3-15(13-17)7-8-18(16-9-11-26-12-10-16)27-24(30)22-14-20-23-19(28-29-20)5-2-6-21(23)31-22;;/h1-6,13-14,16,18,26H,7-12H2,(H,27,30)(H,28,29);2*1H. The maximum absolute atomic E-state index is 13.3. The van der Waals surface area contributed by atoms with Gasteiger partial charge in [0, 0.05) is 21.3 Å². The normalized spacial score (nSPS) is 16.3. The van der Waals surface area contributed by atoms with Crippen LogP contribution in [0.5, 0.6) is 0 Å². The van der Waals surface area contributed by atoms with Crippen molar-refractivity contribution in [2.75, 3.05) is 13.1 Å². The summed E-state index contributed by atoms with van der Waals surface area (Å²) in [5.74, 6) is 0.466. The van der Waals surface area contributed by atoms with Gasteiger partial charge < -0.3 is 10.6 Å². The molecule has 1 aromatic heterocycles. The molecule has 9 heteroatoms. The maximum atomic E-state index is 13.3. The number of halogens is 3. The molecule has 0 aliphatic carbocycles. The first-order chi connectivity index (χ1) is 15.2. The van der Waals surface area contributed by atoms with Gasteiger partial charge in [-0.2, -0.15) is 5.10 Å². The zero-order chi connectivity index (χ0) is 21.2. The van der Waals surface area contributed by atoms with Gasteiger partial charge in [-0.3, -0.25) is 9.89 Å². The average Bonchev–Trinajstić information content (AvgIpc) is 3.22. The molecule has 5 nitrogen and oxygen atoms in total. The van der Waals surface area contributed by atoms with Crippen molar-refractivity contribution in [3.05, 3.63) is 63.6 Å². The smallest absolute Gasteiger partial charge is 0.258 e. The van der Waals surface area contributed by atoms with E-state index < -0.39 is 0 Å². The number of hydrogen-bond acceptors (Lipinski definition) is 4. The lowest BCUT2D eigenvalue weighted by atomic mass is 9.86. The van der Waals surface area contributed by atoms with Gasteiger partial charge >= 0.3 is 0 Å². The van der Waals surface area contributed by atoms with Gasteiger partial charge in [0.15, 0.2) is 0 Å². The van der Waals surface area contributed by atoms with E-state index >= 15 is 0 Å². The largest absolute Gasteiger partial charge is 0.349 e. The highest BCUT2D eigenvalue weighted by Gasteiger charge is 2.28. The van der Waals surface area contributed by atoms with E-state index in [0.29, 0.717) is 10.8 Å². The van der Waals surface area contributed by atoms with E-state index in [4.69, 9.17) is 11.6 Å². The number of nitrogens with one attached hydrogen (secondary N) is 3. The summed E-state index contributed by atoms with van der Waals surface area (Å²) in [6.07, 6.45) is 5.86. The average molecular weight is 526 g/mol. The number of amides is 1. The Morgan fingerprint density at radius 1 is 1.18 bits per heavy atom. The Hall–Kier alpha value is -1.70. The molecule has 2 aromatic carbocycles. The molecule has 176 valence electrons. The Kier molecular flexibility index (Phi) is 9.13. The van der Waals surface area contributed by atoms with Crippen LogP contribution in [0, 0.1) is 5.92 Å². The summed E-state index contributed by atoms with van der Waals surface area (Å²) in [6, 6.07) is 14.2. The number of piperidine rings is 1. The number of H-pyrrole nitrogens is 1. The lowest BCUT2D eigenvalue weighted by Crippen LogP contribution is -2.45. The quantitative estimate of drug-likeness (QED) is 0.390. The molecule has 0 saturated carbocycles. The molecule has 1 unspecified atom stereocenters. The number of thioether (sulfide) groups is 1. The van der Waals surface area contributed by atoms with Gasteiger partial charge in [-0.15, -0.1) is 24.8 Å². The zero-order valence-corrected chi connectivity index (χ0v) is 21.2. The Morgan fingerprint density at radius 3 is 2.76 bits per heavy atom. The van der Waals surface area contributed by atoms with E-state index in [9.17, 15) is 4.79 Å². The van der Waals surface area contributed by atoms with Crippen molar-refractivity contribution < 1.29 is 4.79 Å². The summed E-state index contributed by atoms with van der Waals surface area (Å²) in [4.78, 5) is 15.1. The summed E-state index contributed by atoms with van der Waals surface area (Å²) < 4.78 is 0. The topological polar surface area (TPSA) is 69.8 Å². The van der Waals surface area contributed by atoms with Crippen LogP contribution in [0.3, 0.4) is 0 Å². The van der Waals surface area contributed by atoms with Gasteiger partial charge in [-0.1, -0.05) is 41.6 Å². The molecule has 3 aromatic rings. The summed E-state index contributed by atoms with van der Waals surface area (Å²) in [7, 11) is 0. The fraction of sp³-hybridized carbons (Fsp3) is 0.333. The van der Waals surface area contributed by atoms with E-state index in [1.54, 1.807) is 0 Å². The number of aromatic nitrogens is 2. The SMILES string of the molecule is Cl.Cl.O=C(NC(CCc1cccc(Cl)c1)C1CCNCC1)C1=Cc2n[nH]c3cccc(c23)S1. The van der Waals surface area contributed by atoms with Crippen LogP contribution in [-0.4, -0.2) is 35.2 Å². The minimum absolute atomic E-state index is 0. The lowest BCUT2D eigenvalue weighted by molar-refractivity contribution is -0.117. The van der Waals surface area contributed by atoms with Gasteiger partial charge in [0.2, 0.25) is 0 Å². The predicted octanol–water partition coefficient (Wildman–Crippen LogP) is 5.62. The number of rotatable bonds is 6. The van der Waals surface area contributed by atoms with E-state index in [2.05, 4.69) is 33.0 Å². The van der Waals surface area contributed by atoms with Gasteiger partial charge in [-0.25, -0.2) is 0 Å². The van der Waals surface area contributed by atoms with Gasteiger partial charge in [0.1, 0.15) is 0 Å². The molecular weight excluding hydrogens is 499 g/mol. The van der Waals surface area contributed by atoms with Gasteiger partial charge in [0.25, 0.3) is 5.91 Å². The number of nitrogens with zero attached hydrogens (tertiary/aromatic N) is 1. The van der Waals surface area contributed by atoms with Crippen LogP contribution in [0.1, 0.15) is 30.5 Å². The molecular formula is C24H27Cl3N4OS. The number of aromatic amines is 1. The van der Waals surface area contributed by atoms with Crippen LogP contribution in [0.2, 0.25) is 5.02 Å². The molecule has 5 rings (SSSR count). The second-order valence-electron chi connectivity index (χ2n) is 8.23. The molecule has 3 heterocycles.